The molecule has 9 nitrogen and oxygen atoms in total. The maximum Gasteiger partial charge on any atom is 0.368 e. The third-order valence-electron chi connectivity index (χ3n) is 4.23. The van der Waals surface area contributed by atoms with Gasteiger partial charge >= 0.3 is 5.69 Å². The van der Waals surface area contributed by atoms with Crippen molar-refractivity contribution in [1.29, 1.82) is 0 Å². The van der Waals surface area contributed by atoms with Crippen molar-refractivity contribution in [2.45, 2.75) is 13.5 Å². The number of oxime groups is 1. The van der Waals surface area contributed by atoms with Gasteiger partial charge in [0.1, 0.15) is 19.5 Å². The standard InChI is InChI=1S/C19H20FN5O4/c1-12(21-28-4)13-8-9-18(15(20)10-13)29-11-14-16(6-5-7-17(14)27-3)25-19(26)24(2)22-23-25/h5-10H,11H2,1-4H3. The summed E-state index contributed by atoms with van der Waals surface area (Å²) in [7, 11) is 4.41. The van der Waals surface area contributed by atoms with Gasteiger partial charge in [0, 0.05) is 12.6 Å². The van der Waals surface area contributed by atoms with Crippen LogP contribution in [0.1, 0.15) is 18.1 Å². The SMILES string of the molecule is CON=C(C)c1ccc(OCc2c(OC)cccc2-n2nnn(C)c2=O)c(F)c1. The lowest BCUT2D eigenvalue weighted by Crippen LogP contribution is -2.23. The Kier molecular flexibility index (Phi) is 5.91. The van der Waals surface area contributed by atoms with E-state index in [2.05, 4.69) is 15.6 Å². The lowest BCUT2D eigenvalue weighted by atomic mass is 10.1. The largest absolute Gasteiger partial charge is 0.496 e. The van der Waals surface area contributed by atoms with Gasteiger partial charge in [-0.1, -0.05) is 11.2 Å². The molecule has 1 aromatic heterocycles. The minimum absolute atomic E-state index is 0.0438. The maximum absolute atomic E-state index is 14.5. The lowest BCUT2D eigenvalue weighted by Gasteiger charge is -2.14. The second-order valence-corrected chi connectivity index (χ2v) is 6.05. The first-order chi connectivity index (χ1) is 14.0. The monoisotopic (exact) mass is 401 g/mol. The zero-order chi connectivity index (χ0) is 21.0. The number of aromatic nitrogens is 4. The van der Waals surface area contributed by atoms with Gasteiger partial charge < -0.3 is 14.3 Å². The summed E-state index contributed by atoms with van der Waals surface area (Å²) in [6.07, 6.45) is 0. The van der Waals surface area contributed by atoms with Crippen LogP contribution in [-0.4, -0.2) is 39.7 Å². The first kappa shape index (κ1) is 20.1. The molecule has 152 valence electrons. The van der Waals surface area contributed by atoms with E-state index in [9.17, 15) is 9.18 Å². The molecule has 0 unspecified atom stereocenters. The van der Waals surface area contributed by atoms with Gasteiger partial charge in [0.2, 0.25) is 0 Å². The molecule has 3 aromatic rings. The number of tetrazole rings is 1. The third kappa shape index (κ3) is 4.10. The van der Waals surface area contributed by atoms with E-state index in [1.54, 1.807) is 31.2 Å². The molecule has 0 radical (unpaired) electrons. The Balaban J connectivity index is 1.92. The summed E-state index contributed by atoms with van der Waals surface area (Å²) < 4.78 is 27.8. The summed E-state index contributed by atoms with van der Waals surface area (Å²) >= 11 is 0. The number of aryl methyl sites for hydroxylation is 1. The highest BCUT2D eigenvalue weighted by Crippen LogP contribution is 2.27. The van der Waals surface area contributed by atoms with Crippen molar-refractivity contribution in [3.63, 3.8) is 0 Å². The molecule has 29 heavy (non-hydrogen) atoms. The minimum Gasteiger partial charge on any atom is -0.496 e. The van der Waals surface area contributed by atoms with Gasteiger partial charge in [0.15, 0.2) is 11.6 Å². The predicted octanol–water partition coefficient (Wildman–Crippen LogP) is 2.06. The van der Waals surface area contributed by atoms with E-state index in [4.69, 9.17) is 14.3 Å². The van der Waals surface area contributed by atoms with Gasteiger partial charge in [-0.25, -0.2) is 9.18 Å². The second-order valence-electron chi connectivity index (χ2n) is 6.05. The van der Waals surface area contributed by atoms with Gasteiger partial charge in [-0.3, -0.25) is 0 Å². The Morgan fingerprint density at radius 3 is 2.59 bits per heavy atom. The number of ether oxygens (including phenoxy) is 2. The summed E-state index contributed by atoms with van der Waals surface area (Å²) in [5, 5.41) is 11.3. The van der Waals surface area contributed by atoms with E-state index in [0.29, 0.717) is 28.3 Å². The van der Waals surface area contributed by atoms with Crippen LogP contribution in [0.3, 0.4) is 0 Å². The van der Waals surface area contributed by atoms with Crippen molar-refractivity contribution >= 4 is 5.71 Å². The molecule has 0 spiro atoms. The Hall–Kier alpha value is -3.69. The van der Waals surface area contributed by atoms with E-state index < -0.39 is 11.5 Å². The molecule has 0 aliphatic rings. The first-order valence-electron chi connectivity index (χ1n) is 8.62. The summed E-state index contributed by atoms with van der Waals surface area (Å²) in [5.41, 5.74) is 1.64. The molecule has 0 amide bonds. The minimum atomic E-state index is -0.554. The molecule has 0 fully saturated rings. The molecule has 0 saturated heterocycles. The molecular formula is C19H20FN5O4. The Morgan fingerprint density at radius 1 is 1.17 bits per heavy atom. The van der Waals surface area contributed by atoms with E-state index in [1.807, 2.05) is 0 Å². The number of methoxy groups -OCH3 is 1. The van der Waals surface area contributed by atoms with Crippen LogP contribution in [0.25, 0.3) is 5.69 Å². The van der Waals surface area contributed by atoms with Crippen molar-refractivity contribution in [2.75, 3.05) is 14.2 Å². The van der Waals surface area contributed by atoms with E-state index in [1.165, 1.54) is 33.4 Å². The highest BCUT2D eigenvalue weighted by Gasteiger charge is 2.17. The average Bonchev–Trinajstić information content (AvgIpc) is 3.05. The molecule has 0 aliphatic heterocycles. The second kappa shape index (κ2) is 8.55. The van der Waals surface area contributed by atoms with Crippen molar-refractivity contribution in [1.82, 2.24) is 19.8 Å². The van der Waals surface area contributed by atoms with Gasteiger partial charge in [-0.2, -0.15) is 9.36 Å². The van der Waals surface area contributed by atoms with Gasteiger partial charge in [-0.15, -0.1) is 0 Å². The number of hydrogen-bond donors (Lipinski definition) is 0. The molecule has 0 N–H and O–H groups in total. The van der Waals surface area contributed by atoms with Crippen molar-refractivity contribution in [3.8, 4) is 17.2 Å². The number of benzene rings is 2. The molecule has 0 bridgehead atoms. The highest BCUT2D eigenvalue weighted by molar-refractivity contribution is 5.98. The normalized spacial score (nSPS) is 11.4. The summed E-state index contributed by atoms with van der Waals surface area (Å²) in [4.78, 5) is 16.9. The van der Waals surface area contributed by atoms with E-state index in [0.717, 1.165) is 9.36 Å². The van der Waals surface area contributed by atoms with Crippen LogP contribution in [0.4, 0.5) is 4.39 Å². The number of rotatable bonds is 7. The molecule has 3 rings (SSSR count). The Labute approximate surface area is 165 Å². The zero-order valence-electron chi connectivity index (χ0n) is 16.4. The van der Waals surface area contributed by atoms with Gasteiger partial charge in [0.25, 0.3) is 0 Å². The molecular weight excluding hydrogens is 381 g/mol. The number of halogens is 1. The average molecular weight is 401 g/mol. The van der Waals surface area contributed by atoms with Crippen LogP contribution in [0, 0.1) is 5.82 Å². The van der Waals surface area contributed by atoms with E-state index in [-0.39, 0.29) is 12.4 Å². The third-order valence-corrected chi connectivity index (χ3v) is 4.23. The van der Waals surface area contributed by atoms with Gasteiger partial charge in [0.05, 0.1) is 24.1 Å². The summed E-state index contributed by atoms with van der Waals surface area (Å²) in [6.45, 7) is 1.66. The van der Waals surface area contributed by atoms with Gasteiger partial charge in [-0.05, 0) is 47.7 Å². The molecule has 1 heterocycles. The molecule has 0 saturated carbocycles. The van der Waals surface area contributed by atoms with Crippen LogP contribution in [0.5, 0.6) is 11.5 Å². The zero-order valence-corrected chi connectivity index (χ0v) is 16.4. The van der Waals surface area contributed by atoms with Crippen molar-refractivity contribution in [3.05, 3.63) is 63.8 Å². The van der Waals surface area contributed by atoms with Crippen molar-refractivity contribution < 1.29 is 18.7 Å². The van der Waals surface area contributed by atoms with Crippen molar-refractivity contribution in [2.24, 2.45) is 12.2 Å². The fourth-order valence-corrected chi connectivity index (χ4v) is 2.74. The summed E-state index contributed by atoms with van der Waals surface area (Å²) in [5.74, 6) is -0.0382. The maximum atomic E-state index is 14.5. The van der Waals surface area contributed by atoms with Crippen LogP contribution < -0.4 is 15.2 Å². The van der Waals surface area contributed by atoms with E-state index >= 15 is 0 Å². The Morgan fingerprint density at radius 2 is 1.97 bits per heavy atom. The van der Waals surface area contributed by atoms with Crippen LogP contribution in [0.15, 0.2) is 46.3 Å². The highest BCUT2D eigenvalue weighted by atomic mass is 19.1. The topological polar surface area (TPSA) is 92.8 Å². The number of nitrogens with zero attached hydrogens (tertiary/aromatic N) is 5. The Bertz CT molecular complexity index is 1110. The van der Waals surface area contributed by atoms with Crippen LogP contribution >= 0.6 is 0 Å². The summed E-state index contributed by atoms with van der Waals surface area (Å²) in [6, 6.07) is 9.60. The van der Waals surface area contributed by atoms with Crippen LogP contribution in [0.2, 0.25) is 0 Å². The smallest absolute Gasteiger partial charge is 0.368 e. The lowest BCUT2D eigenvalue weighted by molar-refractivity contribution is 0.213. The fraction of sp³-hybridized carbons (Fsp3) is 0.263. The fourth-order valence-electron chi connectivity index (χ4n) is 2.74. The molecule has 10 heteroatoms. The predicted molar refractivity (Wildman–Crippen MR) is 103 cm³/mol. The molecule has 0 atom stereocenters. The first-order valence-corrected chi connectivity index (χ1v) is 8.62. The van der Waals surface area contributed by atoms with Crippen LogP contribution in [-0.2, 0) is 18.5 Å². The molecule has 0 aliphatic carbocycles. The quantitative estimate of drug-likeness (QED) is 0.445. The molecule has 2 aromatic carbocycles. The number of hydrogen-bond acceptors (Lipinski definition) is 7.